The molecule has 0 saturated heterocycles. The number of carbonyl (C=O) groups excluding carboxylic acids is 1. The SMILES string of the molecule is Cc1csc(C(Cc2ccsc2)NC(=O)COc2cccnc2)n1. The van der Waals surface area contributed by atoms with E-state index in [1.165, 1.54) is 5.56 Å². The predicted octanol–water partition coefficient (Wildman–Crippen LogP) is 3.39. The second-order valence-corrected chi connectivity index (χ2v) is 6.93. The summed E-state index contributed by atoms with van der Waals surface area (Å²) < 4.78 is 5.46. The minimum Gasteiger partial charge on any atom is -0.482 e. The first-order chi connectivity index (χ1) is 11.7. The molecule has 3 aromatic rings. The standard InChI is InChI=1S/C17H17N3O2S2/c1-12-10-24-17(19-12)15(7-13-4-6-23-11-13)20-16(21)9-22-14-3-2-5-18-8-14/h2-6,8,10-11,15H,7,9H2,1H3,(H,20,21). The van der Waals surface area contributed by atoms with Crippen LogP contribution in [0.2, 0.25) is 0 Å². The fraction of sp³-hybridized carbons (Fsp3) is 0.235. The van der Waals surface area contributed by atoms with E-state index in [9.17, 15) is 4.79 Å². The molecule has 0 aliphatic carbocycles. The molecular formula is C17H17N3O2S2. The first kappa shape index (κ1) is 16.6. The molecule has 0 fully saturated rings. The number of pyridine rings is 1. The van der Waals surface area contributed by atoms with Crippen molar-refractivity contribution in [3.05, 3.63) is 63.0 Å². The van der Waals surface area contributed by atoms with Crippen LogP contribution >= 0.6 is 22.7 Å². The fourth-order valence-corrected chi connectivity index (χ4v) is 3.72. The van der Waals surface area contributed by atoms with Crippen LogP contribution in [0.5, 0.6) is 5.75 Å². The lowest BCUT2D eigenvalue weighted by Gasteiger charge is -2.16. The smallest absolute Gasteiger partial charge is 0.258 e. The molecule has 0 aliphatic heterocycles. The Morgan fingerprint density at radius 1 is 1.38 bits per heavy atom. The van der Waals surface area contributed by atoms with E-state index in [2.05, 4.69) is 26.7 Å². The zero-order valence-corrected chi connectivity index (χ0v) is 14.8. The Morgan fingerprint density at radius 3 is 2.96 bits per heavy atom. The quantitative estimate of drug-likeness (QED) is 0.702. The number of rotatable bonds is 7. The molecule has 1 atom stereocenters. The summed E-state index contributed by atoms with van der Waals surface area (Å²) in [5.41, 5.74) is 2.15. The van der Waals surface area contributed by atoms with Gasteiger partial charge in [0.25, 0.3) is 5.91 Å². The second kappa shape index (κ2) is 8.03. The van der Waals surface area contributed by atoms with Gasteiger partial charge in [-0.2, -0.15) is 11.3 Å². The van der Waals surface area contributed by atoms with Gasteiger partial charge in [-0.05, 0) is 41.4 Å². The Labute approximate surface area is 148 Å². The lowest BCUT2D eigenvalue weighted by Crippen LogP contribution is -2.33. The van der Waals surface area contributed by atoms with Crippen LogP contribution in [0.4, 0.5) is 0 Å². The monoisotopic (exact) mass is 359 g/mol. The molecule has 3 heterocycles. The minimum atomic E-state index is -0.174. The summed E-state index contributed by atoms with van der Waals surface area (Å²) >= 11 is 3.21. The molecule has 7 heteroatoms. The van der Waals surface area contributed by atoms with Crippen LogP contribution in [0.15, 0.2) is 46.7 Å². The number of carbonyl (C=O) groups is 1. The number of aryl methyl sites for hydroxylation is 1. The lowest BCUT2D eigenvalue weighted by atomic mass is 10.1. The van der Waals surface area contributed by atoms with Gasteiger partial charge in [-0.3, -0.25) is 9.78 Å². The van der Waals surface area contributed by atoms with E-state index in [1.54, 1.807) is 47.2 Å². The summed E-state index contributed by atoms with van der Waals surface area (Å²) in [6.45, 7) is 1.91. The number of thiophene rings is 1. The van der Waals surface area contributed by atoms with Crippen molar-refractivity contribution in [2.24, 2.45) is 0 Å². The van der Waals surface area contributed by atoms with Crippen molar-refractivity contribution in [2.45, 2.75) is 19.4 Å². The van der Waals surface area contributed by atoms with Gasteiger partial charge >= 0.3 is 0 Å². The number of nitrogens with one attached hydrogen (secondary N) is 1. The molecule has 124 valence electrons. The molecule has 24 heavy (non-hydrogen) atoms. The van der Waals surface area contributed by atoms with Gasteiger partial charge in [0.05, 0.1) is 12.2 Å². The Bertz CT molecular complexity index is 772. The van der Waals surface area contributed by atoms with Gasteiger partial charge in [-0.1, -0.05) is 0 Å². The third kappa shape index (κ3) is 4.62. The van der Waals surface area contributed by atoms with Crippen LogP contribution in [0, 0.1) is 6.92 Å². The lowest BCUT2D eigenvalue weighted by molar-refractivity contribution is -0.123. The average molecular weight is 359 g/mol. The maximum Gasteiger partial charge on any atom is 0.258 e. The summed E-state index contributed by atoms with van der Waals surface area (Å²) in [5, 5.41) is 10.1. The van der Waals surface area contributed by atoms with Crippen LogP contribution in [-0.2, 0) is 11.2 Å². The van der Waals surface area contributed by atoms with Crippen molar-refractivity contribution in [3.8, 4) is 5.75 Å². The van der Waals surface area contributed by atoms with Crippen molar-refractivity contribution in [1.29, 1.82) is 0 Å². The second-order valence-electron chi connectivity index (χ2n) is 5.26. The predicted molar refractivity (Wildman–Crippen MR) is 95.5 cm³/mol. The van der Waals surface area contributed by atoms with E-state index in [4.69, 9.17) is 4.74 Å². The van der Waals surface area contributed by atoms with E-state index >= 15 is 0 Å². The maximum absolute atomic E-state index is 12.3. The first-order valence-corrected chi connectivity index (χ1v) is 9.28. The zero-order valence-electron chi connectivity index (χ0n) is 13.1. The number of hydrogen-bond donors (Lipinski definition) is 1. The van der Waals surface area contributed by atoms with Gasteiger partial charge in [0, 0.05) is 23.7 Å². The molecule has 3 rings (SSSR count). The maximum atomic E-state index is 12.3. The van der Waals surface area contributed by atoms with Crippen molar-refractivity contribution >= 4 is 28.6 Å². The van der Waals surface area contributed by atoms with Crippen LogP contribution < -0.4 is 10.1 Å². The van der Waals surface area contributed by atoms with Crippen LogP contribution in [-0.4, -0.2) is 22.5 Å². The van der Waals surface area contributed by atoms with Crippen LogP contribution in [0.3, 0.4) is 0 Å². The largest absolute Gasteiger partial charge is 0.482 e. The van der Waals surface area contributed by atoms with Crippen LogP contribution in [0.1, 0.15) is 22.3 Å². The molecule has 1 unspecified atom stereocenters. The normalized spacial score (nSPS) is 11.9. The van der Waals surface area contributed by atoms with E-state index in [-0.39, 0.29) is 18.6 Å². The fourth-order valence-electron chi connectivity index (χ4n) is 2.19. The van der Waals surface area contributed by atoms with Crippen molar-refractivity contribution < 1.29 is 9.53 Å². The molecule has 1 N–H and O–H groups in total. The Balaban J connectivity index is 1.63. The van der Waals surface area contributed by atoms with E-state index < -0.39 is 0 Å². The highest BCUT2D eigenvalue weighted by Gasteiger charge is 2.19. The topological polar surface area (TPSA) is 64.1 Å². The van der Waals surface area contributed by atoms with E-state index in [1.807, 2.05) is 17.7 Å². The average Bonchev–Trinajstić information content (AvgIpc) is 3.25. The molecule has 0 aliphatic rings. The van der Waals surface area contributed by atoms with Crippen molar-refractivity contribution in [2.75, 3.05) is 6.61 Å². The molecule has 3 aromatic heterocycles. The van der Waals surface area contributed by atoms with E-state index in [0.29, 0.717) is 5.75 Å². The van der Waals surface area contributed by atoms with Gasteiger partial charge in [-0.25, -0.2) is 4.98 Å². The molecule has 1 amide bonds. The number of amides is 1. The van der Waals surface area contributed by atoms with Crippen molar-refractivity contribution in [1.82, 2.24) is 15.3 Å². The summed E-state index contributed by atoms with van der Waals surface area (Å²) in [7, 11) is 0. The highest BCUT2D eigenvalue weighted by Crippen LogP contribution is 2.23. The summed E-state index contributed by atoms with van der Waals surface area (Å²) in [5.74, 6) is 0.402. The highest BCUT2D eigenvalue weighted by molar-refractivity contribution is 7.09. The number of ether oxygens (including phenoxy) is 1. The first-order valence-electron chi connectivity index (χ1n) is 7.46. The Hall–Kier alpha value is -2.25. The summed E-state index contributed by atoms with van der Waals surface area (Å²) in [6.07, 6.45) is 3.96. The van der Waals surface area contributed by atoms with Crippen LogP contribution in [0.25, 0.3) is 0 Å². The molecule has 0 spiro atoms. The zero-order chi connectivity index (χ0) is 16.8. The molecule has 5 nitrogen and oxygen atoms in total. The van der Waals surface area contributed by atoms with Gasteiger partial charge in [0.2, 0.25) is 0 Å². The summed E-state index contributed by atoms with van der Waals surface area (Å²) in [6, 6.07) is 5.46. The van der Waals surface area contributed by atoms with Gasteiger partial charge in [0.15, 0.2) is 6.61 Å². The van der Waals surface area contributed by atoms with Gasteiger partial charge < -0.3 is 10.1 Å². The molecule has 0 radical (unpaired) electrons. The van der Waals surface area contributed by atoms with Crippen molar-refractivity contribution in [3.63, 3.8) is 0 Å². The molecule has 0 aromatic carbocycles. The number of hydrogen-bond acceptors (Lipinski definition) is 6. The third-order valence-corrected chi connectivity index (χ3v) is 5.10. The van der Waals surface area contributed by atoms with Gasteiger partial charge in [-0.15, -0.1) is 11.3 Å². The van der Waals surface area contributed by atoms with Gasteiger partial charge in [0.1, 0.15) is 10.8 Å². The Morgan fingerprint density at radius 2 is 2.29 bits per heavy atom. The number of aromatic nitrogens is 2. The molecule has 0 saturated carbocycles. The summed E-state index contributed by atoms with van der Waals surface area (Å²) in [4.78, 5) is 20.7. The van der Waals surface area contributed by atoms with E-state index in [0.717, 1.165) is 17.1 Å². The Kier molecular flexibility index (Phi) is 5.55. The number of nitrogens with zero attached hydrogens (tertiary/aromatic N) is 2. The highest BCUT2D eigenvalue weighted by atomic mass is 32.1. The molecular weight excluding hydrogens is 342 g/mol. The molecule has 0 bridgehead atoms. The number of thiazole rings is 1. The minimum absolute atomic E-state index is 0.0454. The third-order valence-electron chi connectivity index (χ3n) is 3.29.